The van der Waals surface area contributed by atoms with Crippen LogP contribution in [0.2, 0.25) is 0 Å². The standard InChI is InChI=1S/C20H39N3O2/c1-6-23-13-14-25-18(16-23)19(24)22(5)12-11-21(4)15-17-7-9-20(2,3)10-8-17/h17-18H,6-16H2,1-5H3. The molecule has 1 atom stereocenters. The minimum absolute atomic E-state index is 0.131. The van der Waals surface area contributed by atoms with Crippen LogP contribution in [-0.2, 0) is 9.53 Å². The first kappa shape index (κ1) is 20.7. The van der Waals surface area contributed by atoms with Gasteiger partial charge in [0.2, 0.25) is 0 Å². The highest BCUT2D eigenvalue weighted by Gasteiger charge is 2.29. The summed E-state index contributed by atoms with van der Waals surface area (Å²) in [6.07, 6.45) is 5.09. The van der Waals surface area contributed by atoms with Crippen molar-refractivity contribution in [1.29, 1.82) is 0 Å². The van der Waals surface area contributed by atoms with Gasteiger partial charge in [0, 0.05) is 39.8 Å². The lowest BCUT2D eigenvalue weighted by molar-refractivity contribution is -0.148. The molecule has 0 N–H and O–H groups in total. The minimum Gasteiger partial charge on any atom is -0.366 e. The fourth-order valence-electron chi connectivity index (χ4n) is 3.99. The Hall–Kier alpha value is -0.650. The van der Waals surface area contributed by atoms with E-state index in [1.54, 1.807) is 0 Å². The maximum absolute atomic E-state index is 12.6. The van der Waals surface area contributed by atoms with Crippen LogP contribution >= 0.6 is 0 Å². The van der Waals surface area contributed by atoms with E-state index in [0.29, 0.717) is 12.0 Å². The van der Waals surface area contributed by atoms with Gasteiger partial charge >= 0.3 is 0 Å². The summed E-state index contributed by atoms with van der Waals surface area (Å²) in [7, 11) is 4.10. The van der Waals surface area contributed by atoms with Crippen LogP contribution in [0.5, 0.6) is 0 Å². The molecular formula is C20H39N3O2. The molecule has 1 saturated carbocycles. The van der Waals surface area contributed by atoms with Gasteiger partial charge in [-0.2, -0.15) is 0 Å². The maximum atomic E-state index is 12.6. The maximum Gasteiger partial charge on any atom is 0.252 e. The second kappa shape index (κ2) is 9.33. The summed E-state index contributed by atoms with van der Waals surface area (Å²) < 4.78 is 5.69. The van der Waals surface area contributed by atoms with E-state index < -0.39 is 0 Å². The Morgan fingerprint density at radius 2 is 1.88 bits per heavy atom. The number of amides is 1. The number of rotatable bonds is 7. The highest BCUT2D eigenvalue weighted by atomic mass is 16.5. The highest BCUT2D eigenvalue weighted by Crippen LogP contribution is 2.38. The first-order valence-corrected chi connectivity index (χ1v) is 10.1. The van der Waals surface area contributed by atoms with Crippen molar-refractivity contribution in [2.45, 2.75) is 52.6 Å². The fraction of sp³-hybridized carbons (Fsp3) is 0.950. The van der Waals surface area contributed by atoms with Crippen LogP contribution in [0, 0.1) is 11.3 Å². The molecule has 0 aromatic rings. The van der Waals surface area contributed by atoms with Crippen molar-refractivity contribution in [1.82, 2.24) is 14.7 Å². The van der Waals surface area contributed by atoms with Gasteiger partial charge in [-0.3, -0.25) is 9.69 Å². The summed E-state index contributed by atoms with van der Waals surface area (Å²) in [6, 6.07) is 0. The van der Waals surface area contributed by atoms with Gasteiger partial charge in [0.25, 0.3) is 5.91 Å². The van der Waals surface area contributed by atoms with Gasteiger partial charge < -0.3 is 14.5 Å². The minimum atomic E-state index is -0.287. The molecule has 1 heterocycles. The largest absolute Gasteiger partial charge is 0.366 e. The van der Waals surface area contributed by atoms with Crippen LogP contribution in [0.25, 0.3) is 0 Å². The van der Waals surface area contributed by atoms with Crippen molar-refractivity contribution in [2.24, 2.45) is 11.3 Å². The van der Waals surface area contributed by atoms with E-state index in [2.05, 4.69) is 37.6 Å². The predicted molar refractivity (Wildman–Crippen MR) is 103 cm³/mol. The molecule has 0 bridgehead atoms. The average molecular weight is 354 g/mol. The quantitative estimate of drug-likeness (QED) is 0.704. The first-order chi connectivity index (χ1) is 11.8. The Kier molecular flexibility index (Phi) is 7.71. The molecular weight excluding hydrogens is 314 g/mol. The number of carbonyl (C=O) groups is 1. The Morgan fingerprint density at radius 3 is 2.52 bits per heavy atom. The second-order valence-corrected chi connectivity index (χ2v) is 8.88. The van der Waals surface area contributed by atoms with Gasteiger partial charge in [-0.05, 0) is 50.6 Å². The van der Waals surface area contributed by atoms with E-state index >= 15 is 0 Å². The van der Waals surface area contributed by atoms with E-state index in [0.717, 1.165) is 45.2 Å². The molecule has 25 heavy (non-hydrogen) atoms. The molecule has 1 unspecified atom stereocenters. The van der Waals surface area contributed by atoms with Gasteiger partial charge in [-0.15, -0.1) is 0 Å². The Labute approximate surface area is 154 Å². The van der Waals surface area contributed by atoms with Crippen LogP contribution in [-0.4, -0.2) is 86.7 Å². The zero-order valence-electron chi connectivity index (χ0n) is 17.1. The van der Waals surface area contributed by atoms with Gasteiger partial charge in [0.15, 0.2) is 0 Å². The molecule has 0 radical (unpaired) electrons. The monoisotopic (exact) mass is 353 g/mol. The van der Waals surface area contributed by atoms with E-state index in [9.17, 15) is 4.79 Å². The molecule has 5 nitrogen and oxygen atoms in total. The average Bonchev–Trinajstić information content (AvgIpc) is 2.61. The number of ether oxygens (including phenoxy) is 1. The zero-order valence-corrected chi connectivity index (χ0v) is 17.1. The summed E-state index contributed by atoms with van der Waals surface area (Å²) in [4.78, 5) is 19.1. The fourth-order valence-corrected chi connectivity index (χ4v) is 3.99. The second-order valence-electron chi connectivity index (χ2n) is 8.88. The molecule has 5 heteroatoms. The van der Waals surface area contributed by atoms with Crippen LogP contribution in [0.15, 0.2) is 0 Å². The van der Waals surface area contributed by atoms with E-state index in [4.69, 9.17) is 4.74 Å². The normalized spacial score (nSPS) is 25.3. The predicted octanol–water partition coefficient (Wildman–Crippen LogP) is 2.31. The van der Waals surface area contributed by atoms with E-state index in [-0.39, 0.29) is 12.0 Å². The lowest BCUT2D eigenvalue weighted by Crippen LogP contribution is -2.51. The molecule has 1 aliphatic heterocycles. The number of likely N-dealkylation sites (N-methyl/N-ethyl adjacent to an activating group) is 3. The van der Waals surface area contributed by atoms with Crippen LogP contribution in [0.3, 0.4) is 0 Å². The van der Waals surface area contributed by atoms with Crippen molar-refractivity contribution in [3.8, 4) is 0 Å². The number of hydrogen-bond acceptors (Lipinski definition) is 4. The topological polar surface area (TPSA) is 36.0 Å². The zero-order chi connectivity index (χ0) is 18.4. The van der Waals surface area contributed by atoms with Gasteiger partial charge in [0.05, 0.1) is 6.61 Å². The molecule has 2 fully saturated rings. The summed E-state index contributed by atoms with van der Waals surface area (Å²) in [5, 5.41) is 0. The Morgan fingerprint density at radius 1 is 1.20 bits per heavy atom. The van der Waals surface area contributed by atoms with Crippen molar-refractivity contribution in [3.63, 3.8) is 0 Å². The lowest BCUT2D eigenvalue weighted by Gasteiger charge is -2.36. The lowest BCUT2D eigenvalue weighted by atomic mass is 9.73. The Balaban J connectivity index is 1.68. The van der Waals surface area contributed by atoms with Crippen molar-refractivity contribution < 1.29 is 9.53 Å². The molecule has 1 amide bonds. The van der Waals surface area contributed by atoms with Crippen molar-refractivity contribution >= 4 is 5.91 Å². The molecule has 0 aromatic heterocycles. The summed E-state index contributed by atoms with van der Waals surface area (Å²) in [6.45, 7) is 13.1. The third-order valence-corrected chi connectivity index (χ3v) is 6.10. The molecule has 1 aliphatic carbocycles. The number of hydrogen-bond donors (Lipinski definition) is 0. The summed E-state index contributed by atoms with van der Waals surface area (Å²) >= 11 is 0. The van der Waals surface area contributed by atoms with E-state index in [1.807, 2.05) is 11.9 Å². The first-order valence-electron chi connectivity index (χ1n) is 10.1. The SMILES string of the molecule is CCN1CCOC(C(=O)N(C)CCN(C)CC2CCC(C)(C)CC2)C1. The Bertz CT molecular complexity index is 417. The smallest absolute Gasteiger partial charge is 0.252 e. The highest BCUT2D eigenvalue weighted by molar-refractivity contribution is 5.81. The molecule has 0 aromatic carbocycles. The molecule has 2 aliphatic rings. The van der Waals surface area contributed by atoms with Crippen molar-refractivity contribution in [2.75, 3.05) is 60.0 Å². The number of carbonyl (C=O) groups excluding carboxylic acids is 1. The molecule has 0 spiro atoms. The van der Waals surface area contributed by atoms with Gasteiger partial charge in [-0.25, -0.2) is 0 Å². The van der Waals surface area contributed by atoms with Gasteiger partial charge in [0.1, 0.15) is 6.10 Å². The van der Waals surface area contributed by atoms with Gasteiger partial charge in [-0.1, -0.05) is 20.8 Å². The number of nitrogens with zero attached hydrogens (tertiary/aromatic N) is 3. The summed E-state index contributed by atoms with van der Waals surface area (Å²) in [5.41, 5.74) is 0.536. The third-order valence-electron chi connectivity index (χ3n) is 6.10. The van der Waals surface area contributed by atoms with E-state index in [1.165, 1.54) is 25.7 Å². The molecule has 1 saturated heterocycles. The molecule has 2 rings (SSSR count). The van der Waals surface area contributed by atoms with Crippen LogP contribution in [0.1, 0.15) is 46.5 Å². The number of morpholine rings is 1. The van der Waals surface area contributed by atoms with Crippen LogP contribution in [0.4, 0.5) is 0 Å². The third kappa shape index (κ3) is 6.54. The van der Waals surface area contributed by atoms with Crippen molar-refractivity contribution in [3.05, 3.63) is 0 Å². The summed E-state index contributed by atoms with van der Waals surface area (Å²) in [5.74, 6) is 0.949. The van der Waals surface area contributed by atoms with Crippen LogP contribution < -0.4 is 0 Å². The molecule has 146 valence electrons.